The number of hydrogen-bond acceptors (Lipinski definition) is 3. The second-order valence-electron chi connectivity index (χ2n) is 7.01. The summed E-state index contributed by atoms with van der Waals surface area (Å²) >= 11 is 0. The number of amides is 3. The first-order valence-electron chi connectivity index (χ1n) is 9.19. The van der Waals surface area contributed by atoms with Gasteiger partial charge >= 0.3 is 6.03 Å². The van der Waals surface area contributed by atoms with Gasteiger partial charge < -0.3 is 20.3 Å². The third-order valence-corrected chi connectivity index (χ3v) is 5.39. The average Bonchev–Trinajstić information content (AvgIpc) is 2.60. The number of carbonyl (C=O) groups excluding carboxylic acids is 2. The molecule has 130 valence electrons. The van der Waals surface area contributed by atoms with Gasteiger partial charge in [-0.25, -0.2) is 4.79 Å². The van der Waals surface area contributed by atoms with Crippen LogP contribution in [0, 0.1) is 0 Å². The predicted molar refractivity (Wildman–Crippen MR) is 87.1 cm³/mol. The fourth-order valence-electron chi connectivity index (χ4n) is 4.15. The monoisotopic (exact) mass is 323 g/mol. The van der Waals surface area contributed by atoms with Crippen molar-refractivity contribution < 1.29 is 14.3 Å². The van der Waals surface area contributed by atoms with E-state index in [1.165, 1.54) is 25.7 Å². The van der Waals surface area contributed by atoms with Gasteiger partial charge in [0.2, 0.25) is 5.91 Å². The zero-order valence-electron chi connectivity index (χ0n) is 13.9. The van der Waals surface area contributed by atoms with Gasteiger partial charge in [0.1, 0.15) is 0 Å². The lowest BCUT2D eigenvalue weighted by molar-refractivity contribution is -0.148. The lowest BCUT2D eigenvalue weighted by Gasteiger charge is -2.43. The second-order valence-corrected chi connectivity index (χ2v) is 7.01. The molecule has 3 amide bonds. The van der Waals surface area contributed by atoms with E-state index in [2.05, 4.69) is 10.6 Å². The zero-order chi connectivity index (χ0) is 16.1. The largest absolute Gasteiger partial charge is 0.374 e. The van der Waals surface area contributed by atoms with Crippen LogP contribution in [0.3, 0.4) is 0 Å². The number of urea groups is 1. The Bertz CT molecular complexity index is 421. The van der Waals surface area contributed by atoms with E-state index < -0.39 is 0 Å². The molecule has 3 fully saturated rings. The standard InChI is InChI=1S/C17H29N3O3/c21-16(12-18-17(22)19-13-6-2-1-3-7-13)20-10-11-23-15-9-5-4-8-14(15)20/h13-15H,1-12H2,(H2,18,19,22)/t14-,15+/m1/s1. The summed E-state index contributed by atoms with van der Waals surface area (Å²) in [5.41, 5.74) is 0. The highest BCUT2D eigenvalue weighted by atomic mass is 16.5. The first-order valence-corrected chi connectivity index (χ1v) is 9.19. The number of nitrogens with zero attached hydrogens (tertiary/aromatic N) is 1. The second kappa shape index (κ2) is 7.99. The highest BCUT2D eigenvalue weighted by molar-refractivity contribution is 5.84. The molecular formula is C17H29N3O3. The number of hydrogen-bond donors (Lipinski definition) is 2. The molecule has 0 aromatic carbocycles. The van der Waals surface area contributed by atoms with Crippen LogP contribution >= 0.6 is 0 Å². The number of rotatable bonds is 3. The minimum absolute atomic E-state index is 0.0176. The Labute approximate surface area is 138 Å². The molecule has 6 nitrogen and oxygen atoms in total. The van der Waals surface area contributed by atoms with E-state index in [1.807, 2.05) is 4.90 Å². The van der Waals surface area contributed by atoms with Crippen LogP contribution in [0.5, 0.6) is 0 Å². The fraction of sp³-hybridized carbons (Fsp3) is 0.882. The predicted octanol–water partition coefficient (Wildman–Crippen LogP) is 1.79. The van der Waals surface area contributed by atoms with Crippen LogP contribution in [0.1, 0.15) is 57.8 Å². The Kier molecular flexibility index (Phi) is 5.75. The molecule has 0 bridgehead atoms. The molecule has 1 saturated heterocycles. The van der Waals surface area contributed by atoms with Gasteiger partial charge in [0.25, 0.3) is 0 Å². The summed E-state index contributed by atoms with van der Waals surface area (Å²) in [6.45, 7) is 1.34. The number of carbonyl (C=O) groups is 2. The van der Waals surface area contributed by atoms with E-state index >= 15 is 0 Å². The smallest absolute Gasteiger partial charge is 0.315 e. The third-order valence-electron chi connectivity index (χ3n) is 5.39. The van der Waals surface area contributed by atoms with Gasteiger partial charge in [0.15, 0.2) is 0 Å². The van der Waals surface area contributed by atoms with Gasteiger partial charge in [-0.05, 0) is 25.7 Å². The molecular weight excluding hydrogens is 294 g/mol. The Morgan fingerprint density at radius 3 is 2.57 bits per heavy atom. The SMILES string of the molecule is O=C(NCC(=O)N1CCO[C@H]2CCCC[C@H]21)NC1CCCCC1. The van der Waals surface area contributed by atoms with Crippen LogP contribution in [0.4, 0.5) is 4.79 Å². The highest BCUT2D eigenvalue weighted by Gasteiger charge is 2.36. The van der Waals surface area contributed by atoms with Crippen molar-refractivity contribution >= 4 is 11.9 Å². The molecule has 2 N–H and O–H groups in total. The minimum Gasteiger partial charge on any atom is -0.374 e. The number of ether oxygens (including phenoxy) is 1. The molecule has 2 aliphatic carbocycles. The molecule has 0 aromatic heterocycles. The van der Waals surface area contributed by atoms with Crippen molar-refractivity contribution in [1.29, 1.82) is 0 Å². The van der Waals surface area contributed by atoms with Gasteiger partial charge in [-0.15, -0.1) is 0 Å². The molecule has 3 rings (SSSR count). The zero-order valence-corrected chi connectivity index (χ0v) is 13.9. The Morgan fingerprint density at radius 1 is 1.00 bits per heavy atom. The summed E-state index contributed by atoms with van der Waals surface area (Å²) in [6.07, 6.45) is 10.3. The summed E-state index contributed by atoms with van der Waals surface area (Å²) in [5, 5.41) is 5.73. The van der Waals surface area contributed by atoms with E-state index in [0.29, 0.717) is 13.2 Å². The van der Waals surface area contributed by atoms with Crippen LogP contribution in [0.25, 0.3) is 0 Å². The maximum absolute atomic E-state index is 12.5. The van der Waals surface area contributed by atoms with Crippen LogP contribution < -0.4 is 10.6 Å². The van der Waals surface area contributed by atoms with E-state index in [9.17, 15) is 9.59 Å². The topological polar surface area (TPSA) is 70.7 Å². The molecule has 6 heteroatoms. The molecule has 23 heavy (non-hydrogen) atoms. The average molecular weight is 323 g/mol. The molecule has 0 spiro atoms. The maximum Gasteiger partial charge on any atom is 0.315 e. The number of nitrogens with one attached hydrogen (secondary N) is 2. The van der Waals surface area contributed by atoms with Crippen molar-refractivity contribution in [3.63, 3.8) is 0 Å². The molecule has 0 radical (unpaired) electrons. The van der Waals surface area contributed by atoms with Crippen molar-refractivity contribution in [3.8, 4) is 0 Å². The van der Waals surface area contributed by atoms with Gasteiger partial charge in [0, 0.05) is 12.6 Å². The van der Waals surface area contributed by atoms with Crippen LogP contribution in [0.2, 0.25) is 0 Å². The van der Waals surface area contributed by atoms with E-state index in [1.54, 1.807) is 0 Å². The fourth-order valence-corrected chi connectivity index (χ4v) is 4.15. The van der Waals surface area contributed by atoms with Crippen LogP contribution in [-0.4, -0.2) is 54.7 Å². The van der Waals surface area contributed by atoms with E-state index in [4.69, 9.17) is 4.74 Å². The lowest BCUT2D eigenvalue weighted by atomic mass is 9.90. The summed E-state index contributed by atoms with van der Waals surface area (Å²) in [4.78, 5) is 26.4. The van der Waals surface area contributed by atoms with Crippen LogP contribution in [0.15, 0.2) is 0 Å². The van der Waals surface area contributed by atoms with E-state index in [-0.39, 0.29) is 36.7 Å². The quantitative estimate of drug-likeness (QED) is 0.832. The summed E-state index contributed by atoms with van der Waals surface area (Å²) in [5.74, 6) is 0.0176. The lowest BCUT2D eigenvalue weighted by Crippen LogP contribution is -2.57. The van der Waals surface area contributed by atoms with Crippen molar-refractivity contribution in [1.82, 2.24) is 15.5 Å². The van der Waals surface area contributed by atoms with E-state index in [0.717, 1.165) is 32.1 Å². The molecule has 3 aliphatic rings. The molecule has 2 atom stereocenters. The summed E-state index contributed by atoms with van der Waals surface area (Å²) < 4.78 is 5.79. The van der Waals surface area contributed by atoms with Crippen molar-refractivity contribution in [3.05, 3.63) is 0 Å². The summed E-state index contributed by atoms with van der Waals surface area (Å²) in [7, 11) is 0. The highest BCUT2D eigenvalue weighted by Crippen LogP contribution is 2.28. The Balaban J connectivity index is 1.43. The van der Waals surface area contributed by atoms with Gasteiger partial charge in [-0.3, -0.25) is 4.79 Å². The maximum atomic E-state index is 12.5. The number of fused-ring (bicyclic) bond motifs is 1. The normalized spacial score (nSPS) is 28.8. The first kappa shape index (κ1) is 16.6. The Hall–Kier alpha value is -1.30. The van der Waals surface area contributed by atoms with Crippen molar-refractivity contribution in [2.24, 2.45) is 0 Å². The molecule has 1 heterocycles. The van der Waals surface area contributed by atoms with Gasteiger partial charge in [0.05, 0.1) is 25.3 Å². The molecule has 1 aliphatic heterocycles. The summed E-state index contributed by atoms with van der Waals surface area (Å²) in [6, 6.07) is 0.261. The molecule has 0 aromatic rings. The van der Waals surface area contributed by atoms with Crippen molar-refractivity contribution in [2.45, 2.75) is 76.0 Å². The van der Waals surface area contributed by atoms with Gasteiger partial charge in [-0.1, -0.05) is 32.1 Å². The van der Waals surface area contributed by atoms with Crippen molar-refractivity contribution in [2.75, 3.05) is 19.7 Å². The molecule has 2 saturated carbocycles. The number of morpholine rings is 1. The molecule has 0 unspecified atom stereocenters. The first-order chi connectivity index (χ1) is 11.2. The third kappa shape index (κ3) is 4.37. The Morgan fingerprint density at radius 2 is 1.74 bits per heavy atom. The van der Waals surface area contributed by atoms with Crippen LogP contribution in [-0.2, 0) is 9.53 Å². The van der Waals surface area contributed by atoms with Gasteiger partial charge in [-0.2, -0.15) is 0 Å². The minimum atomic E-state index is -0.210.